The standard InChI is InChI=1S/C19H25N3O4/c1-3-22(18(23)12-4-5-13(10-12)19(24)25)9-8-17-20-15-7-6-14(26-2)11-16(15)21-17/h6-7,11-13H,3-5,8-10H2,1-2H3,(H,20,21)(H,24,25)/t12-,13+/m0/s1. The zero-order chi connectivity index (χ0) is 18.7. The number of rotatable bonds is 7. The summed E-state index contributed by atoms with van der Waals surface area (Å²) in [7, 11) is 1.63. The summed E-state index contributed by atoms with van der Waals surface area (Å²) >= 11 is 0. The van der Waals surface area contributed by atoms with E-state index in [0.717, 1.165) is 22.6 Å². The molecule has 0 unspecified atom stereocenters. The Hall–Kier alpha value is -2.57. The van der Waals surface area contributed by atoms with Crippen LogP contribution in [0.5, 0.6) is 5.75 Å². The molecule has 2 atom stereocenters. The van der Waals surface area contributed by atoms with Crippen molar-refractivity contribution < 1.29 is 19.4 Å². The number of H-pyrrole nitrogens is 1. The molecule has 7 heteroatoms. The van der Waals surface area contributed by atoms with E-state index < -0.39 is 5.97 Å². The average molecular weight is 359 g/mol. The van der Waals surface area contributed by atoms with Crippen molar-refractivity contribution in [2.24, 2.45) is 11.8 Å². The number of ether oxygens (including phenoxy) is 1. The first-order valence-corrected chi connectivity index (χ1v) is 9.06. The number of aromatic amines is 1. The number of likely N-dealkylation sites (N-methyl/N-ethyl adjacent to an activating group) is 1. The Morgan fingerprint density at radius 3 is 2.77 bits per heavy atom. The Bertz CT molecular complexity index is 801. The number of hydrogen-bond donors (Lipinski definition) is 2. The van der Waals surface area contributed by atoms with Gasteiger partial charge in [0.1, 0.15) is 11.6 Å². The molecule has 1 saturated carbocycles. The molecule has 3 rings (SSSR count). The second kappa shape index (κ2) is 7.76. The van der Waals surface area contributed by atoms with Gasteiger partial charge in [0.15, 0.2) is 0 Å². The van der Waals surface area contributed by atoms with E-state index in [0.29, 0.717) is 38.8 Å². The van der Waals surface area contributed by atoms with Gasteiger partial charge in [-0.05, 0) is 38.3 Å². The van der Waals surface area contributed by atoms with Crippen molar-refractivity contribution in [2.75, 3.05) is 20.2 Å². The lowest BCUT2D eigenvalue weighted by molar-refractivity contribution is -0.141. The summed E-state index contributed by atoms with van der Waals surface area (Å²) in [5, 5.41) is 9.12. The highest BCUT2D eigenvalue weighted by atomic mass is 16.5. The van der Waals surface area contributed by atoms with E-state index in [1.807, 2.05) is 30.0 Å². The fourth-order valence-corrected chi connectivity index (χ4v) is 3.64. The zero-order valence-corrected chi connectivity index (χ0v) is 15.2. The number of nitrogens with one attached hydrogen (secondary N) is 1. The van der Waals surface area contributed by atoms with Crippen LogP contribution in [0, 0.1) is 11.8 Å². The monoisotopic (exact) mass is 359 g/mol. The van der Waals surface area contributed by atoms with Crippen LogP contribution in [0.25, 0.3) is 11.0 Å². The van der Waals surface area contributed by atoms with Gasteiger partial charge in [0.05, 0.1) is 24.1 Å². The van der Waals surface area contributed by atoms with Crippen molar-refractivity contribution in [1.29, 1.82) is 0 Å². The Balaban J connectivity index is 1.62. The lowest BCUT2D eigenvalue weighted by Crippen LogP contribution is -2.37. The van der Waals surface area contributed by atoms with Crippen molar-refractivity contribution in [3.63, 3.8) is 0 Å². The van der Waals surface area contributed by atoms with Gasteiger partial charge >= 0.3 is 5.97 Å². The maximum atomic E-state index is 12.7. The zero-order valence-electron chi connectivity index (χ0n) is 15.2. The van der Waals surface area contributed by atoms with Crippen molar-refractivity contribution in [3.05, 3.63) is 24.0 Å². The molecule has 7 nitrogen and oxygen atoms in total. The number of amides is 1. The van der Waals surface area contributed by atoms with Crippen molar-refractivity contribution in [3.8, 4) is 5.75 Å². The number of aliphatic carboxylic acids is 1. The molecule has 1 aliphatic carbocycles. The van der Waals surface area contributed by atoms with E-state index in [1.54, 1.807) is 7.11 Å². The maximum Gasteiger partial charge on any atom is 0.306 e. The molecule has 0 radical (unpaired) electrons. The minimum atomic E-state index is -0.791. The highest BCUT2D eigenvalue weighted by Crippen LogP contribution is 2.32. The summed E-state index contributed by atoms with van der Waals surface area (Å²) in [6.45, 7) is 3.13. The quantitative estimate of drug-likeness (QED) is 0.792. The Kier molecular flexibility index (Phi) is 5.44. The van der Waals surface area contributed by atoms with Crippen LogP contribution in [-0.4, -0.2) is 52.1 Å². The first-order chi connectivity index (χ1) is 12.5. The molecule has 0 spiro atoms. The van der Waals surface area contributed by atoms with Crippen LogP contribution in [0.3, 0.4) is 0 Å². The van der Waals surface area contributed by atoms with Crippen molar-refractivity contribution in [2.45, 2.75) is 32.6 Å². The Morgan fingerprint density at radius 2 is 2.12 bits per heavy atom. The number of carboxylic acid groups (broad SMARTS) is 1. The third-order valence-corrected chi connectivity index (χ3v) is 5.18. The number of fused-ring (bicyclic) bond motifs is 1. The number of methoxy groups -OCH3 is 1. The number of carboxylic acids is 1. The summed E-state index contributed by atoms with van der Waals surface area (Å²) in [6.07, 6.45) is 2.34. The second-order valence-corrected chi connectivity index (χ2v) is 6.78. The Labute approximate surface area is 152 Å². The van der Waals surface area contributed by atoms with E-state index in [4.69, 9.17) is 9.84 Å². The first kappa shape index (κ1) is 18.2. The summed E-state index contributed by atoms with van der Waals surface area (Å²) in [6, 6.07) is 5.68. The molecule has 2 N–H and O–H groups in total. The maximum absolute atomic E-state index is 12.7. The topological polar surface area (TPSA) is 95.5 Å². The summed E-state index contributed by atoms with van der Waals surface area (Å²) in [4.78, 5) is 33.5. The van der Waals surface area contributed by atoms with Gasteiger partial charge in [0, 0.05) is 31.5 Å². The van der Waals surface area contributed by atoms with E-state index in [1.165, 1.54) is 0 Å². The summed E-state index contributed by atoms with van der Waals surface area (Å²) < 4.78 is 5.22. The summed E-state index contributed by atoms with van der Waals surface area (Å²) in [5.41, 5.74) is 1.78. The third-order valence-electron chi connectivity index (χ3n) is 5.18. The largest absolute Gasteiger partial charge is 0.497 e. The van der Waals surface area contributed by atoms with Crippen LogP contribution in [0.4, 0.5) is 0 Å². The van der Waals surface area contributed by atoms with Crippen LogP contribution >= 0.6 is 0 Å². The molecule has 1 aromatic heterocycles. The van der Waals surface area contributed by atoms with E-state index in [9.17, 15) is 9.59 Å². The van der Waals surface area contributed by atoms with Gasteiger partial charge < -0.3 is 19.7 Å². The van der Waals surface area contributed by atoms with Gasteiger partial charge in [-0.3, -0.25) is 9.59 Å². The van der Waals surface area contributed by atoms with Crippen LogP contribution < -0.4 is 4.74 Å². The minimum absolute atomic E-state index is 0.0639. The Morgan fingerprint density at radius 1 is 1.35 bits per heavy atom. The number of aromatic nitrogens is 2. The molecule has 0 bridgehead atoms. The number of imidazole rings is 1. The second-order valence-electron chi connectivity index (χ2n) is 6.78. The van der Waals surface area contributed by atoms with Crippen LogP contribution in [-0.2, 0) is 16.0 Å². The van der Waals surface area contributed by atoms with Gasteiger partial charge in [-0.25, -0.2) is 4.98 Å². The molecule has 26 heavy (non-hydrogen) atoms. The normalized spacial score (nSPS) is 19.6. The SMILES string of the molecule is CCN(CCc1nc2ccc(OC)cc2[nH]1)C(=O)[C@H]1CC[C@@H](C(=O)O)C1. The number of nitrogens with zero attached hydrogens (tertiary/aromatic N) is 2. The molecule has 2 aromatic rings. The van der Waals surface area contributed by atoms with Gasteiger partial charge in [0.25, 0.3) is 0 Å². The predicted molar refractivity (Wildman–Crippen MR) is 97.1 cm³/mol. The lowest BCUT2D eigenvalue weighted by atomic mass is 10.0. The molecular formula is C19H25N3O4. The van der Waals surface area contributed by atoms with Gasteiger partial charge in [0.2, 0.25) is 5.91 Å². The molecule has 140 valence electrons. The molecule has 1 aromatic carbocycles. The van der Waals surface area contributed by atoms with E-state index in [2.05, 4.69) is 9.97 Å². The lowest BCUT2D eigenvalue weighted by Gasteiger charge is -2.24. The van der Waals surface area contributed by atoms with Crippen LogP contribution in [0.1, 0.15) is 32.0 Å². The fourth-order valence-electron chi connectivity index (χ4n) is 3.64. The van der Waals surface area contributed by atoms with Gasteiger partial charge in [-0.15, -0.1) is 0 Å². The van der Waals surface area contributed by atoms with Crippen LogP contribution in [0.15, 0.2) is 18.2 Å². The average Bonchev–Trinajstić information content (AvgIpc) is 3.28. The van der Waals surface area contributed by atoms with Crippen molar-refractivity contribution in [1.82, 2.24) is 14.9 Å². The number of hydrogen-bond acceptors (Lipinski definition) is 4. The number of carbonyl (C=O) groups is 2. The minimum Gasteiger partial charge on any atom is -0.497 e. The van der Waals surface area contributed by atoms with Crippen LogP contribution in [0.2, 0.25) is 0 Å². The molecule has 1 amide bonds. The third kappa shape index (κ3) is 3.81. The molecule has 0 aliphatic heterocycles. The predicted octanol–water partition coefficient (Wildman–Crippen LogP) is 2.46. The number of carbonyl (C=O) groups excluding carboxylic acids is 1. The highest BCUT2D eigenvalue weighted by Gasteiger charge is 2.35. The fraction of sp³-hybridized carbons (Fsp3) is 0.526. The molecular weight excluding hydrogens is 334 g/mol. The van der Waals surface area contributed by atoms with Gasteiger partial charge in [-0.2, -0.15) is 0 Å². The summed E-state index contributed by atoms with van der Waals surface area (Å²) in [5.74, 6) is 0.320. The molecule has 1 fully saturated rings. The first-order valence-electron chi connectivity index (χ1n) is 9.06. The number of benzene rings is 1. The molecule has 1 heterocycles. The van der Waals surface area contributed by atoms with Gasteiger partial charge in [-0.1, -0.05) is 0 Å². The highest BCUT2D eigenvalue weighted by molar-refractivity contribution is 5.81. The smallest absolute Gasteiger partial charge is 0.306 e. The van der Waals surface area contributed by atoms with E-state index in [-0.39, 0.29) is 17.7 Å². The molecule has 1 aliphatic rings. The van der Waals surface area contributed by atoms with E-state index >= 15 is 0 Å². The molecule has 0 saturated heterocycles. The van der Waals surface area contributed by atoms with Crippen molar-refractivity contribution >= 4 is 22.9 Å².